The number of H-pyrrole nitrogens is 1. The minimum absolute atomic E-state index is 0.183. The van der Waals surface area contributed by atoms with Gasteiger partial charge in [0.15, 0.2) is 0 Å². The first-order chi connectivity index (χ1) is 8.06. The fourth-order valence-corrected chi connectivity index (χ4v) is 1.88. The van der Waals surface area contributed by atoms with Crippen molar-refractivity contribution in [2.75, 3.05) is 11.9 Å². The number of nitrogens with zero attached hydrogens (tertiary/aromatic N) is 1. The van der Waals surface area contributed by atoms with Gasteiger partial charge in [-0.05, 0) is 12.8 Å². The van der Waals surface area contributed by atoms with Crippen molar-refractivity contribution in [1.82, 2.24) is 9.97 Å². The van der Waals surface area contributed by atoms with E-state index in [1.165, 1.54) is 6.07 Å². The van der Waals surface area contributed by atoms with E-state index in [4.69, 9.17) is 0 Å². The fraction of sp³-hybridized carbons (Fsp3) is 0.667. The Balaban J connectivity index is 2.58. The molecular weight excluding hydrogens is 218 g/mol. The van der Waals surface area contributed by atoms with Crippen molar-refractivity contribution < 1.29 is 5.11 Å². The van der Waals surface area contributed by atoms with Gasteiger partial charge >= 0.3 is 0 Å². The molecule has 1 heterocycles. The molecule has 3 N–H and O–H groups in total. The quantitative estimate of drug-likeness (QED) is 0.699. The van der Waals surface area contributed by atoms with Crippen molar-refractivity contribution in [3.05, 3.63) is 22.2 Å². The summed E-state index contributed by atoms with van der Waals surface area (Å²) in [6, 6.07) is 1.40. The van der Waals surface area contributed by atoms with Crippen molar-refractivity contribution in [2.45, 2.75) is 39.7 Å². The molecule has 5 heteroatoms. The SMILES string of the molecule is CCC(CC)C(O)CNc1cc(=O)[nH]c(C)n1. The Kier molecular flexibility index (Phi) is 5.15. The molecule has 17 heavy (non-hydrogen) atoms. The molecule has 0 aliphatic carbocycles. The molecule has 1 unspecified atom stereocenters. The Hall–Kier alpha value is -1.36. The van der Waals surface area contributed by atoms with Crippen LogP contribution < -0.4 is 10.9 Å². The van der Waals surface area contributed by atoms with E-state index in [-0.39, 0.29) is 11.5 Å². The average molecular weight is 239 g/mol. The predicted molar refractivity (Wildman–Crippen MR) is 68.2 cm³/mol. The number of hydrogen-bond acceptors (Lipinski definition) is 4. The van der Waals surface area contributed by atoms with E-state index in [2.05, 4.69) is 29.1 Å². The Bertz CT molecular complexity index is 399. The normalized spacial score (nSPS) is 12.8. The number of aromatic amines is 1. The van der Waals surface area contributed by atoms with Gasteiger partial charge in [-0.2, -0.15) is 0 Å². The van der Waals surface area contributed by atoms with E-state index in [9.17, 15) is 9.90 Å². The van der Waals surface area contributed by atoms with Crippen molar-refractivity contribution >= 4 is 5.82 Å². The second-order valence-corrected chi connectivity index (χ2v) is 4.24. The molecule has 0 spiro atoms. The van der Waals surface area contributed by atoms with Gasteiger partial charge in [-0.1, -0.05) is 26.7 Å². The third kappa shape index (κ3) is 4.19. The summed E-state index contributed by atoms with van der Waals surface area (Å²) >= 11 is 0. The molecule has 0 saturated carbocycles. The summed E-state index contributed by atoms with van der Waals surface area (Å²) in [7, 11) is 0. The molecule has 0 radical (unpaired) electrons. The summed E-state index contributed by atoms with van der Waals surface area (Å²) in [6.07, 6.45) is 1.48. The lowest BCUT2D eigenvalue weighted by atomic mass is 9.97. The second kappa shape index (κ2) is 6.39. The van der Waals surface area contributed by atoms with E-state index in [1.807, 2.05) is 0 Å². The third-order valence-corrected chi connectivity index (χ3v) is 2.95. The zero-order chi connectivity index (χ0) is 12.8. The molecule has 0 fully saturated rings. The summed E-state index contributed by atoms with van der Waals surface area (Å²) in [5.41, 5.74) is -0.183. The summed E-state index contributed by atoms with van der Waals surface area (Å²) in [6.45, 7) is 6.27. The molecule has 96 valence electrons. The topological polar surface area (TPSA) is 78.0 Å². The molecule has 5 nitrogen and oxygen atoms in total. The molecule has 0 amide bonds. The first-order valence-electron chi connectivity index (χ1n) is 6.06. The lowest BCUT2D eigenvalue weighted by Gasteiger charge is -2.20. The van der Waals surface area contributed by atoms with Gasteiger partial charge in [-0.15, -0.1) is 0 Å². The van der Waals surface area contributed by atoms with Crippen LogP contribution in [0.5, 0.6) is 0 Å². The highest BCUT2D eigenvalue weighted by Gasteiger charge is 2.15. The zero-order valence-electron chi connectivity index (χ0n) is 10.7. The number of rotatable bonds is 6. The Labute approximate surface area is 101 Å². The number of aromatic nitrogens is 2. The van der Waals surface area contributed by atoms with Crippen LogP contribution in [0.4, 0.5) is 5.82 Å². The van der Waals surface area contributed by atoms with Crippen LogP contribution in [-0.2, 0) is 0 Å². The number of nitrogens with one attached hydrogen (secondary N) is 2. The van der Waals surface area contributed by atoms with Crippen LogP contribution in [0, 0.1) is 12.8 Å². The van der Waals surface area contributed by atoms with Gasteiger partial charge in [0.25, 0.3) is 5.56 Å². The fourth-order valence-electron chi connectivity index (χ4n) is 1.88. The maximum Gasteiger partial charge on any atom is 0.252 e. The summed E-state index contributed by atoms with van der Waals surface area (Å²) in [5.74, 6) is 1.36. The van der Waals surface area contributed by atoms with Crippen LogP contribution in [0.1, 0.15) is 32.5 Å². The highest BCUT2D eigenvalue weighted by Crippen LogP contribution is 2.13. The van der Waals surface area contributed by atoms with Crippen LogP contribution >= 0.6 is 0 Å². The predicted octanol–water partition coefficient (Wildman–Crippen LogP) is 1.29. The largest absolute Gasteiger partial charge is 0.391 e. The van der Waals surface area contributed by atoms with Crippen molar-refractivity contribution in [3.63, 3.8) is 0 Å². The van der Waals surface area contributed by atoms with E-state index < -0.39 is 6.10 Å². The van der Waals surface area contributed by atoms with Crippen LogP contribution in [0.25, 0.3) is 0 Å². The van der Waals surface area contributed by atoms with Gasteiger partial charge in [0.05, 0.1) is 6.10 Å². The monoisotopic (exact) mass is 239 g/mol. The lowest BCUT2D eigenvalue weighted by molar-refractivity contribution is 0.114. The highest BCUT2D eigenvalue weighted by molar-refractivity contribution is 5.32. The molecule has 0 bridgehead atoms. The van der Waals surface area contributed by atoms with Crippen molar-refractivity contribution in [1.29, 1.82) is 0 Å². The maximum absolute atomic E-state index is 11.2. The van der Waals surface area contributed by atoms with Crippen LogP contribution in [0.3, 0.4) is 0 Å². The van der Waals surface area contributed by atoms with Crippen molar-refractivity contribution in [3.8, 4) is 0 Å². The Morgan fingerprint density at radius 1 is 1.47 bits per heavy atom. The molecule has 0 aliphatic heterocycles. The molecule has 1 aromatic rings. The minimum atomic E-state index is -0.411. The number of aliphatic hydroxyl groups excluding tert-OH is 1. The number of anilines is 1. The van der Waals surface area contributed by atoms with Crippen LogP contribution in [-0.4, -0.2) is 27.7 Å². The molecule has 1 atom stereocenters. The zero-order valence-corrected chi connectivity index (χ0v) is 10.7. The van der Waals surface area contributed by atoms with Crippen LogP contribution in [0.15, 0.2) is 10.9 Å². The molecular formula is C12H21N3O2. The van der Waals surface area contributed by atoms with Gasteiger partial charge in [-0.25, -0.2) is 4.98 Å². The van der Waals surface area contributed by atoms with Gasteiger partial charge in [0.2, 0.25) is 0 Å². The Morgan fingerprint density at radius 3 is 2.65 bits per heavy atom. The summed E-state index contributed by atoms with van der Waals surface area (Å²) in [4.78, 5) is 17.9. The first-order valence-corrected chi connectivity index (χ1v) is 6.06. The van der Waals surface area contributed by atoms with Gasteiger partial charge in [-0.3, -0.25) is 4.79 Å². The van der Waals surface area contributed by atoms with Crippen molar-refractivity contribution in [2.24, 2.45) is 5.92 Å². The number of hydrogen-bond donors (Lipinski definition) is 3. The minimum Gasteiger partial charge on any atom is -0.391 e. The maximum atomic E-state index is 11.2. The molecule has 1 rings (SSSR count). The van der Waals surface area contributed by atoms with Gasteiger partial charge in [0, 0.05) is 12.6 Å². The Morgan fingerprint density at radius 2 is 2.12 bits per heavy atom. The number of aliphatic hydroxyl groups is 1. The molecule has 1 aromatic heterocycles. The lowest BCUT2D eigenvalue weighted by Crippen LogP contribution is -2.28. The second-order valence-electron chi connectivity index (χ2n) is 4.24. The smallest absolute Gasteiger partial charge is 0.252 e. The highest BCUT2D eigenvalue weighted by atomic mass is 16.3. The number of aryl methyl sites for hydroxylation is 1. The molecule has 0 aromatic carbocycles. The van der Waals surface area contributed by atoms with E-state index in [0.29, 0.717) is 18.2 Å². The molecule has 0 aliphatic rings. The first kappa shape index (κ1) is 13.7. The summed E-state index contributed by atoms with van der Waals surface area (Å²) < 4.78 is 0. The van der Waals surface area contributed by atoms with E-state index in [0.717, 1.165) is 12.8 Å². The average Bonchev–Trinajstić information content (AvgIpc) is 2.27. The molecule has 0 saturated heterocycles. The van der Waals surface area contributed by atoms with Gasteiger partial charge in [0.1, 0.15) is 11.6 Å². The summed E-state index contributed by atoms with van der Waals surface area (Å²) in [5, 5.41) is 12.9. The van der Waals surface area contributed by atoms with E-state index >= 15 is 0 Å². The van der Waals surface area contributed by atoms with Crippen LogP contribution in [0.2, 0.25) is 0 Å². The standard InChI is InChI=1S/C12H21N3O2/c1-4-9(5-2)10(16)7-13-11-6-12(17)15-8(3)14-11/h6,9-10,16H,4-5,7H2,1-3H3,(H2,13,14,15,17). The van der Waals surface area contributed by atoms with E-state index in [1.54, 1.807) is 6.92 Å². The van der Waals surface area contributed by atoms with Gasteiger partial charge < -0.3 is 15.4 Å². The third-order valence-electron chi connectivity index (χ3n) is 2.95.